The second kappa shape index (κ2) is 6.78. The Kier molecular flexibility index (Phi) is 4.32. The molecule has 1 aliphatic rings. The summed E-state index contributed by atoms with van der Waals surface area (Å²) in [6.45, 7) is 5.71. The highest BCUT2D eigenvalue weighted by Gasteiger charge is 2.24. The van der Waals surface area contributed by atoms with E-state index in [1.807, 2.05) is 24.4 Å². The third-order valence-corrected chi connectivity index (χ3v) is 4.47. The zero-order valence-corrected chi connectivity index (χ0v) is 15.2. The molecule has 1 aliphatic heterocycles. The number of rotatable bonds is 4. The first-order valence-corrected chi connectivity index (χ1v) is 8.74. The fourth-order valence-corrected chi connectivity index (χ4v) is 3.28. The Bertz CT molecular complexity index is 908. The minimum atomic E-state index is 0.0253. The molecule has 0 bridgehead atoms. The van der Waals surface area contributed by atoms with Gasteiger partial charge in [-0.2, -0.15) is 19.6 Å². The Morgan fingerprint density at radius 3 is 2.69 bits per heavy atom. The summed E-state index contributed by atoms with van der Waals surface area (Å²) in [7, 11) is 1.59. The minimum absolute atomic E-state index is 0.0253. The van der Waals surface area contributed by atoms with Crippen LogP contribution in [0.3, 0.4) is 0 Å². The molecule has 3 aromatic rings. The zero-order valence-electron chi connectivity index (χ0n) is 15.2. The number of aromatic nitrogens is 5. The van der Waals surface area contributed by atoms with Crippen molar-refractivity contribution in [2.75, 3.05) is 25.1 Å². The first kappa shape index (κ1) is 16.6. The van der Waals surface area contributed by atoms with Gasteiger partial charge in [-0.15, -0.1) is 0 Å². The SMILES string of the molecule is COc1cnc(OC2CCCN(c3cc(C)nc4cc(C)nn34)C2)nc1. The molecule has 1 atom stereocenters. The van der Waals surface area contributed by atoms with E-state index in [0.717, 1.165) is 48.8 Å². The van der Waals surface area contributed by atoms with Gasteiger partial charge in [-0.1, -0.05) is 0 Å². The van der Waals surface area contributed by atoms with Gasteiger partial charge in [0.25, 0.3) is 0 Å². The summed E-state index contributed by atoms with van der Waals surface area (Å²) in [4.78, 5) is 15.3. The molecule has 0 saturated carbocycles. The van der Waals surface area contributed by atoms with Gasteiger partial charge in [0.2, 0.25) is 0 Å². The van der Waals surface area contributed by atoms with Gasteiger partial charge in [-0.3, -0.25) is 0 Å². The maximum absolute atomic E-state index is 5.99. The standard InChI is InChI=1S/C18H22N6O2/c1-12-8-17(24-16(21-12)7-13(2)22-24)23-6-4-5-14(11-23)26-18-19-9-15(25-3)10-20-18/h7-10,14H,4-6,11H2,1-3H3. The molecule has 8 heteroatoms. The molecule has 1 unspecified atom stereocenters. The van der Waals surface area contributed by atoms with E-state index < -0.39 is 0 Å². The van der Waals surface area contributed by atoms with Crippen LogP contribution in [-0.2, 0) is 0 Å². The molecule has 3 aromatic heterocycles. The van der Waals surface area contributed by atoms with Gasteiger partial charge >= 0.3 is 6.01 Å². The molecule has 0 aliphatic carbocycles. The summed E-state index contributed by atoms with van der Waals surface area (Å²) in [5.74, 6) is 1.66. The van der Waals surface area contributed by atoms with Gasteiger partial charge in [-0.05, 0) is 26.7 Å². The number of fused-ring (bicyclic) bond motifs is 1. The molecule has 26 heavy (non-hydrogen) atoms. The van der Waals surface area contributed by atoms with Crippen molar-refractivity contribution in [3.8, 4) is 11.8 Å². The number of nitrogens with zero attached hydrogens (tertiary/aromatic N) is 6. The van der Waals surface area contributed by atoms with Crippen molar-refractivity contribution in [1.82, 2.24) is 24.6 Å². The Morgan fingerprint density at radius 1 is 1.12 bits per heavy atom. The van der Waals surface area contributed by atoms with Crippen LogP contribution in [0.15, 0.2) is 24.5 Å². The lowest BCUT2D eigenvalue weighted by atomic mass is 10.1. The summed E-state index contributed by atoms with van der Waals surface area (Å²) in [5.41, 5.74) is 2.81. The van der Waals surface area contributed by atoms with E-state index in [0.29, 0.717) is 11.8 Å². The monoisotopic (exact) mass is 354 g/mol. The lowest BCUT2D eigenvalue weighted by Gasteiger charge is -2.33. The third kappa shape index (κ3) is 3.26. The number of methoxy groups -OCH3 is 1. The molecule has 0 N–H and O–H groups in total. The van der Waals surface area contributed by atoms with Gasteiger partial charge in [0.15, 0.2) is 11.4 Å². The molecular formula is C18H22N6O2. The highest BCUT2D eigenvalue weighted by atomic mass is 16.5. The van der Waals surface area contributed by atoms with Crippen LogP contribution >= 0.6 is 0 Å². The van der Waals surface area contributed by atoms with Gasteiger partial charge in [0.05, 0.1) is 31.7 Å². The molecule has 4 rings (SSSR count). The number of hydrogen-bond acceptors (Lipinski definition) is 7. The molecule has 0 radical (unpaired) electrons. The lowest BCUT2D eigenvalue weighted by Crippen LogP contribution is -2.42. The van der Waals surface area contributed by atoms with E-state index >= 15 is 0 Å². The van der Waals surface area contributed by atoms with Crippen LogP contribution in [0, 0.1) is 13.8 Å². The van der Waals surface area contributed by atoms with Crippen molar-refractivity contribution in [2.45, 2.75) is 32.8 Å². The van der Waals surface area contributed by atoms with Crippen molar-refractivity contribution in [1.29, 1.82) is 0 Å². The highest BCUT2D eigenvalue weighted by molar-refractivity contribution is 5.52. The molecule has 4 heterocycles. The second-order valence-corrected chi connectivity index (χ2v) is 6.55. The molecular weight excluding hydrogens is 332 g/mol. The predicted octanol–water partition coefficient (Wildman–Crippen LogP) is 2.19. The predicted molar refractivity (Wildman–Crippen MR) is 96.9 cm³/mol. The van der Waals surface area contributed by atoms with E-state index in [-0.39, 0.29) is 6.10 Å². The minimum Gasteiger partial charge on any atom is -0.494 e. The van der Waals surface area contributed by atoms with E-state index in [1.54, 1.807) is 19.5 Å². The van der Waals surface area contributed by atoms with Crippen LogP contribution in [-0.4, -0.2) is 50.9 Å². The van der Waals surface area contributed by atoms with Gasteiger partial charge in [-0.25, -0.2) is 4.98 Å². The van der Waals surface area contributed by atoms with Gasteiger partial charge in [0, 0.05) is 24.4 Å². The summed E-state index contributed by atoms with van der Waals surface area (Å²) in [6.07, 6.45) is 5.26. The number of hydrogen-bond donors (Lipinski definition) is 0. The van der Waals surface area contributed by atoms with Gasteiger partial charge < -0.3 is 14.4 Å². The highest BCUT2D eigenvalue weighted by Crippen LogP contribution is 2.24. The Hall–Kier alpha value is -2.90. The normalized spacial score (nSPS) is 17.5. The first-order valence-electron chi connectivity index (χ1n) is 8.74. The van der Waals surface area contributed by atoms with Crippen LogP contribution in [0.4, 0.5) is 5.82 Å². The third-order valence-electron chi connectivity index (χ3n) is 4.47. The number of ether oxygens (including phenoxy) is 2. The Labute approximate surface area is 151 Å². The fourth-order valence-electron chi connectivity index (χ4n) is 3.28. The molecule has 136 valence electrons. The largest absolute Gasteiger partial charge is 0.494 e. The average molecular weight is 354 g/mol. The lowest BCUT2D eigenvalue weighted by molar-refractivity contribution is 0.163. The smallest absolute Gasteiger partial charge is 0.316 e. The number of anilines is 1. The van der Waals surface area contributed by atoms with E-state index in [1.165, 1.54) is 0 Å². The topological polar surface area (TPSA) is 77.7 Å². The summed E-state index contributed by atoms with van der Waals surface area (Å²) < 4.78 is 13.0. The molecule has 0 amide bonds. The first-order chi connectivity index (χ1) is 12.6. The summed E-state index contributed by atoms with van der Waals surface area (Å²) in [5, 5.41) is 4.59. The summed E-state index contributed by atoms with van der Waals surface area (Å²) in [6, 6.07) is 4.45. The van der Waals surface area contributed by atoms with Gasteiger partial charge in [0.1, 0.15) is 11.9 Å². The van der Waals surface area contributed by atoms with E-state index in [2.05, 4.69) is 31.0 Å². The molecule has 1 fully saturated rings. The van der Waals surface area contributed by atoms with Crippen molar-refractivity contribution in [3.63, 3.8) is 0 Å². The Morgan fingerprint density at radius 2 is 1.92 bits per heavy atom. The Balaban J connectivity index is 1.55. The van der Waals surface area contributed by atoms with Crippen LogP contribution < -0.4 is 14.4 Å². The maximum atomic E-state index is 5.99. The van der Waals surface area contributed by atoms with Crippen molar-refractivity contribution < 1.29 is 9.47 Å². The second-order valence-electron chi connectivity index (χ2n) is 6.55. The quantitative estimate of drug-likeness (QED) is 0.711. The van der Waals surface area contributed by atoms with E-state index in [9.17, 15) is 0 Å². The van der Waals surface area contributed by atoms with Crippen LogP contribution in [0.25, 0.3) is 5.65 Å². The fraction of sp³-hybridized carbons (Fsp3) is 0.444. The molecule has 0 spiro atoms. The molecule has 0 aromatic carbocycles. The maximum Gasteiger partial charge on any atom is 0.316 e. The molecule has 1 saturated heterocycles. The summed E-state index contributed by atoms with van der Waals surface area (Å²) >= 11 is 0. The van der Waals surface area contributed by atoms with Crippen LogP contribution in [0.2, 0.25) is 0 Å². The number of aryl methyl sites for hydroxylation is 2. The van der Waals surface area contributed by atoms with E-state index in [4.69, 9.17) is 9.47 Å². The van der Waals surface area contributed by atoms with Crippen molar-refractivity contribution >= 4 is 11.5 Å². The van der Waals surface area contributed by atoms with Crippen molar-refractivity contribution in [2.24, 2.45) is 0 Å². The zero-order chi connectivity index (χ0) is 18.1. The van der Waals surface area contributed by atoms with Crippen LogP contribution in [0.5, 0.6) is 11.8 Å². The molecule has 8 nitrogen and oxygen atoms in total. The number of piperidine rings is 1. The average Bonchev–Trinajstić information content (AvgIpc) is 3.02. The van der Waals surface area contributed by atoms with Crippen LogP contribution in [0.1, 0.15) is 24.2 Å². The van der Waals surface area contributed by atoms with Crippen molar-refractivity contribution in [3.05, 3.63) is 35.9 Å².